The van der Waals surface area contributed by atoms with Gasteiger partial charge in [0.2, 0.25) is 0 Å². The van der Waals surface area contributed by atoms with E-state index in [1.807, 2.05) is 0 Å². The van der Waals surface area contributed by atoms with Gasteiger partial charge in [-0.05, 0) is 13.0 Å². The molecule has 2 N–H and O–H groups in total. The summed E-state index contributed by atoms with van der Waals surface area (Å²) in [6.07, 6.45) is 2.39. The van der Waals surface area contributed by atoms with Crippen LogP contribution >= 0.6 is 24.0 Å². The molecule has 43 valence electrons. The third kappa shape index (κ3) is 18.4. The van der Waals surface area contributed by atoms with Gasteiger partial charge in [-0.2, -0.15) is 0 Å². The van der Waals surface area contributed by atoms with Gasteiger partial charge in [-0.1, -0.05) is 13.3 Å². The Morgan fingerprint density at radius 1 is 1.43 bits per heavy atom. The van der Waals surface area contributed by atoms with Crippen molar-refractivity contribution in [2.24, 2.45) is 5.73 Å². The summed E-state index contributed by atoms with van der Waals surface area (Å²) in [7, 11) is 0. The predicted octanol–water partition coefficient (Wildman–Crippen LogP) is 1.25. The molecule has 5 radical (unpaired) electrons. The van der Waals surface area contributed by atoms with Crippen molar-refractivity contribution in [1.29, 1.82) is 0 Å². The predicted molar refractivity (Wildman–Crippen MR) is 43.7 cm³/mol. The Morgan fingerprint density at radius 2 is 1.86 bits per heavy atom. The van der Waals surface area contributed by atoms with Crippen molar-refractivity contribution in [2.45, 2.75) is 19.8 Å². The summed E-state index contributed by atoms with van der Waals surface area (Å²) in [4.78, 5) is 0. The molecular weight excluding hydrogens is 396 g/mol. The molecule has 0 atom stereocenters. The summed E-state index contributed by atoms with van der Waals surface area (Å²) in [6.45, 7) is 2.98. The SMILES string of the molecule is CCCCN.[I].[Pb]. The van der Waals surface area contributed by atoms with Gasteiger partial charge in [0.15, 0.2) is 0 Å². The molecule has 0 aromatic heterocycles. The van der Waals surface area contributed by atoms with Crippen molar-refractivity contribution < 1.29 is 0 Å². The number of rotatable bonds is 2. The zero-order valence-electron chi connectivity index (χ0n) is 4.58. The fourth-order valence-electron chi connectivity index (χ4n) is 0.204. The maximum atomic E-state index is 5.14. The van der Waals surface area contributed by atoms with Crippen LogP contribution in [0.5, 0.6) is 0 Å². The van der Waals surface area contributed by atoms with Gasteiger partial charge in [-0.3, -0.25) is 0 Å². The van der Waals surface area contributed by atoms with Crippen molar-refractivity contribution in [3.8, 4) is 0 Å². The van der Waals surface area contributed by atoms with Gasteiger partial charge in [-0.15, -0.1) is 0 Å². The molecule has 0 aliphatic heterocycles. The molecule has 7 heavy (non-hydrogen) atoms. The summed E-state index contributed by atoms with van der Waals surface area (Å²) in [5, 5.41) is 0. The first-order valence-electron chi connectivity index (χ1n) is 2.12. The van der Waals surface area contributed by atoms with Crippen molar-refractivity contribution in [2.75, 3.05) is 6.54 Å². The zero-order valence-corrected chi connectivity index (χ0v) is 10.6. The van der Waals surface area contributed by atoms with Crippen LogP contribution in [0, 0.1) is 0 Å². The minimum absolute atomic E-state index is 0. The maximum Gasteiger partial charge on any atom is 0 e. The number of hydrogen-bond donors (Lipinski definition) is 1. The zero-order chi connectivity index (χ0) is 4.12. The van der Waals surface area contributed by atoms with Crippen LogP contribution in [0.25, 0.3) is 0 Å². The van der Waals surface area contributed by atoms with E-state index in [0.717, 1.165) is 6.54 Å². The molecular formula is C4H11INPb. The maximum absolute atomic E-state index is 5.14. The number of halogens is 1. The summed E-state index contributed by atoms with van der Waals surface area (Å²) < 4.78 is 0. The normalized spacial score (nSPS) is 6.00. The third-order valence-electron chi connectivity index (χ3n) is 0.558. The van der Waals surface area contributed by atoms with Crippen molar-refractivity contribution in [3.05, 3.63) is 0 Å². The number of unbranched alkanes of at least 4 members (excludes halogenated alkanes) is 1. The Kier molecular flexibility index (Phi) is 35.4. The van der Waals surface area contributed by atoms with Gasteiger partial charge in [-0.25, -0.2) is 0 Å². The summed E-state index contributed by atoms with van der Waals surface area (Å²) in [5.74, 6) is 0. The van der Waals surface area contributed by atoms with Crippen LogP contribution in [-0.2, 0) is 0 Å². The minimum atomic E-state index is 0. The van der Waals surface area contributed by atoms with E-state index in [4.69, 9.17) is 5.73 Å². The van der Waals surface area contributed by atoms with Crippen LogP contribution in [-0.4, -0.2) is 33.8 Å². The second-order valence-corrected chi connectivity index (χ2v) is 1.14. The first-order valence-corrected chi connectivity index (χ1v) is 2.12. The molecule has 0 heterocycles. The molecule has 0 saturated carbocycles. The summed E-state index contributed by atoms with van der Waals surface area (Å²) in [6, 6.07) is 0. The van der Waals surface area contributed by atoms with Gasteiger partial charge in [0.25, 0.3) is 0 Å². The second kappa shape index (κ2) is 15.6. The van der Waals surface area contributed by atoms with Crippen LogP contribution in [0.4, 0.5) is 0 Å². The average molecular weight is 407 g/mol. The molecule has 0 bridgehead atoms. The van der Waals surface area contributed by atoms with Crippen LogP contribution in [0.15, 0.2) is 0 Å². The van der Waals surface area contributed by atoms with E-state index in [1.165, 1.54) is 12.8 Å². The second-order valence-electron chi connectivity index (χ2n) is 1.14. The van der Waals surface area contributed by atoms with Gasteiger partial charge in [0.05, 0.1) is 0 Å². The summed E-state index contributed by atoms with van der Waals surface area (Å²) in [5.41, 5.74) is 5.14. The van der Waals surface area contributed by atoms with E-state index in [0.29, 0.717) is 0 Å². The average Bonchev–Trinajstić information content (AvgIpc) is 1.41. The first-order chi connectivity index (χ1) is 2.41. The monoisotopic (exact) mass is 408 g/mol. The largest absolute Gasteiger partial charge is 0.330 e. The smallest absolute Gasteiger partial charge is 0 e. The molecule has 1 nitrogen and oxygen atoms in total. The molecule has 0 saturated heterocycles. The van der Waals surface area contributed by atoms with E-state index < -0.39 is 0 Å². The van der Waals surface area contributed by atoms with Gasteiger partial charge in [0, 0.05) is 51.3 Å². The van der Waals surface area contributed by atoms with Crippen LogP contribution in [0.1, 0.15) is 19.8 Å². The number of hydrogen-bond acceptors (Lipinski definition) is 1. The molecule has 0 amide bonds. The van der Waals surface area contributed by atoms with Gasteiger partial charge >= 0.3 is 0 Å². The first kappa shape index (κ1) is 15.8. The van der Waals surface area contributed by atoms with Crippen molar-refractivity contribution in [3.63, 3.8) is 0 Å². The Bertz CT molecular complexity index is 19.2. The molecule has 0 aromatic carbocycles. The Hall–Kier alpha value is 1.61. The molecule has 0 spiro atoms. The van der Waals surface area contributed by atoms with Gasteiger partial charge in [0.1, 0.15) is 0 Å². The molecule has 0 aromatic rings. The quantitative estimate of drug-likeness (QED) is 0.542. The fourth-order valence-corrected chi connectivity index (χ4v) is 0.204. The Morgan fingerprint density at radius 3 is 1.86 bits per heavy atom. The van der Waals surface area contributed by atoms with E-state index in [9.17, 15) is 0 Å². The van der Waals surface area contributed by atoms with Crippen molar-refractivity contribution >= 4 is 51.3 Å². The van der Waals surface area contributed by atoms with Crippen molar-refractivity contribution in [1.82, 2.24) is 0 Å². The number of nitrogens with two attached hydrogens (primary N) is 1. The molecule has 0 rings (SSSR count). The summed E-state index contributed by atoms with van der Waals surface area (Å²) >= 11 is 0. The van der Waals surface area contributed by atoms with E-state index in [1.54, 1.807) is 0 Å². The van der Waals surface area contributed by atoms with E-state index in [-0.39, 0.29) is 51.3 Å². The van der Waals surface area contributed by atoms with E-state index >= 15 is 0 Å². The van der Waals surface area contributed by atoms with Crippen LogP contribution in [0.2, 0.25) is 0 Å². The molecule has 3 heteroatoms. The van der Waals surface area contributed by atoms with Crippen LogP contribution in [0.3, 0.4) is 0 Å². The Labute approximate surface area is 82.6 Å². The molecule has 0 aliphatic carbocycles. The standard InChI is InChI=1S/C4H11N.I.Pb/c1-2-3-4-5;;/h2-5H2,1H3;;. The Balaban J connectivity index is -0.0000000800. The van der Waals surface area contributed by atoms with Gasteiger partial charge < -0.3 is 5.73 Å². The minimum Gasteiger partial charge on any atom is -0.330 e. The third-order valence-corrected chi connectivity index (χ3v) is 0.558. The van der Waals surface area contributed by atoms with E-state index in [2.05, 4.69) is 6.92 Å². The molecule has 0 fully saturated rings. The molecule has 0 aliphatic rings. The van der Waals surface area contributed by atoms with Crippen LogP contribution < -0.4 is 5.73 Å². The fraction of sp³-hybridized carbons (Fsp3) is 1.00. The topological polar surface area (TPSA) is 26.0 Å². The molecule has 0 unspecified atom stereocenters.